The molecule has 0 aliphatic rings. The molecule has 0 saturated heterocycles. The topological polar surface area (TPSA) is 91.6 Å². The minimum absolute atomic E-state index is 0.190. The molecule has 0 aliphatic heterocycles. The molecule has 0 saturated carbocycles. The molecule has 25 heavy (non-hydrogen) atoms. The van der Waals surface area contributed by atoms with Crippen LogP contribution in [-0.4, -0.2) is 30.1 Å². The molecule has 3 heterocycles. The molecule has 4 aromatic rings. The molecule has 3 N–H and O–H groups in total. The van der Waals surface area contributed by atoms with E-state index in [4.69, 9.17) is 0 Å². The lowest BCUT2D eigenvalue weighted by molar-refractivity contribution is 0.477. The largest absolute Gasteiger partial charge is 0.506 e. The Morgan fingerprint density at radius 3 is 2.80 bits per heavy atom. The summed E-state index contributed by atoms with van der Waals surface area (Å²) >= 11 is 0. The first-order valence-electron chi connectivity index (χ1n) is 7.78. The average Bonchev–Trinajstić information content (AvgIpc) is 3.30. The van der Waals surface area contributed by atoms with Crippen LogP contribution >= 0.6 is 0 Å². The predicted octanol–water partition coefficient (Wildman–Crippen LogP) is 3.42. The first-order valence-corrected chi connectivity index (χ1v) is 7.78. The maximum absolute atomic E-state index is 9.98. The molecule has 0 aliphatic carbocycles. The fourth-order valence-corrected chi connectivity index (χ4v) is 2.56. The molecule has 0 unspecified atom stereocenters. The third-order valence-electron chi connectivity index (χ3n) is 3.88. The van der Waals surface area contributed by atoms with E-state index in [1.54, 1.807) is 29.2 Å². The Morgan fingerprint density at radius 1 is 1.16 bits per heavy atom. The van der Waals surface area contributed by atoms with Gasteiger partial charge in [-0.1, -0.05) is 12.1 Å². The van der Waals surface area contributed by atoms with E-state index in [1.165, 1.54) is 0 Å². The van der Waals surface area contributed by atoms with Crippen molar-refractivity contribution in [3.05, 3.63) is 66.6 Å². The van der Waals surface area contributed by atoms with Gasteiger partial charge in [-0.15, -0.1) is 0 Å². The molecule has 0 bridgehead atoms. The molecule has 0 radical (unpaired) electrons. The molecule has 1 aromatic carbocycles. The molecule has 0 fully saturated rings. The SMILES string of the molecule is Cc1cccc(O)c1Nc1cc(-c2ccc(-n3cccn3)nc2)[nH]n1. The molecule has 0 atom stereocenters. The van der Waals surface area contributed by atoms with Crippen molar-refractivity contribution >= 4 is 11.5 Å². The van der Waals surface area contributed by atoms with E-state index in [1.807, 2.05) is 43.5 Å². The second kappa shape index (κ2) is 6.12. The van der Waals surface area contributed by atoms with Gasteiger partial charge in [0.25, 0.3) is 0 Å². The second-order valence-corrected chi connectivity index (χ2v) is 5.62. The van der Waals surface area contributed by atoms with Gasteiger partial charge in [-0.2, -0.15) is 10.2 Å². The number of aromatic nitrogens is 5. The molecule has 124 valence electrons. The first-order chi connectivity index (χ1) is 12.2. The van der Waals surface area contributed by atoms with Crippen LogP contribution in [0.5, 0.6) is 5.75 Å². The highest BCUT2D eigenvalue weighted by atomic mass is 16.3. The number of phenolic OH excluding ortho intramolecular Hbond substituents is 1. The quantitative estimate of drug-likeness (QED) is 0.498. The monoisotopic (exact) mass is 332 g/mol. The summed E-state index contributed by atoms with van der Waals surface area (Å²) in [5, 5.41) is 24.5. The zero-order valence-corrected chi connectivity index (χ0v) is 13.5. The van der Waals surface area contributed by atoms with E-state index in [0.717, 1.165) is 22.6 Å². The lowest BCUT2D eigenvalue weighted by atomic mass is 10.2. The van der Waals surface area contributed by atoms with Crippen LogP contribution in [0.1, 0.15) is 5.56 Å². The van der Waals surface area contributed by atoms with E-state index in [2.05, 4.69) is 25.6 Å². The van der Waals surface area contributed by atoms with Gasteiger partial charge < -0.3 is 10.4 Å². The molecule has 7 nitrogen and oxygen atoms in total. The van der Waals surface area contributed by atoms with Crippen molar-refractivity contribution in [2.24, 2.45) is 0 Å². The standard InChI is InChI=1S/C18H16N6O/c1-12-4-2-5-15(25)18(12)21-16-10-14(22-23-16)13-6-7-17(19-11-13)24-9-3-8-20-24/h2-11,25H,1H3,(H2,21,22,23). The van der Waals surface area contributed by atoms with Crippen LogP contribution in [0, 0.1) is 6.92 Å². The van der Waals surface area contributed by atoms with Gasteiger partial charge in [-0.3, -0.25) is 5.10 Å². The first kappa shape index (κ1) is 14.9. The van der Waals surface area contributed by atoms with Crippen LogP contribution in [0.4, 0.5) is 11.5 Å². The zero-order valence-electron chi connectivity index (χ0n) is 13.5. The third-order valence-corrected chi connectivity index (χ3v) is 3.88. The van der Waals surface area contributed by atoms with Crippen LogP contribution in [-0.2, 0) is 0 Å². The predicted molar refractivity (Wildman–Crippen MR) is 95.1 cm³/mol. The van der Waals surface area contributed by atoms with E-state index in [0.29, 0.717) is 11.5 Å². The number of hydrogen-bond donors (Lipinski definition) is 3. The highest BCUT2D eigenvalue weighted by Gasteiger charge is 2.09. The van der Waals surface area contributed by atoms with Crippen molar-refractivity contribution in [1.29, 1.82) is 0 Å². The summed E-state index contributed by atoms with van der Waals surface area (Å²) in [7, 11) is 0. The van der Waals surface area contributed by atoms with Gasteiger partial charge in [0.1, 0.15) is 5.75 Å². The molecule has 0 spiro atoms. The smallest absolute Gasteiger partial charge is 0.153 e. The van der Waals surface area contributed by atoms with Crippen LogP contribution in [0.15, 0.2) is 61.1 Å². The molecule has 4 rings (SSSR count). The lowest BCUT2D eigenvalue weighted by Crippen LogP contribution is -1.97. The van der Waals surface area contributed by atoms with Crippen LogP contribution in [0.25, 0.3) is 17.1 Å². The van der Waals surface area contributed by atoms with Crippen molar-refractivity contribution in [1.82, 2.24) is 25.0 Å². The minimum atomic E-state index is 0.190. The Bertz CT molecular complexity index is 969. The normalized spacial score (nSPS) is 10.8. The number of aryl methyl sites for hydroxylation is 1. The van der Waals surface area contributed by atoms with Crippen molar-refractivity contribution in [3.8, 4) is 22.8 Å². The second-order valence-electron chi connectivity index (χ2n) is 5.62. The summed E-state index contributed by atoms with van der Waals surface area (Å²) in [5.41, 5.74) is 3.32. The van der Waals surface area contributed by atoms with E-state index in [9.17, 15) is 5.11 Å². The number of nitrogens with zero attached hydrogens (tertiary/aromatic N) is 4. The Kier molecular flexibility index (Phi) is 3.66. The van der Waals surface area contributed by atoms with Gasteiger partial charge in [0.2, 0.25) is 0 Å². The fraction of sp³-hybridized carbons (Fsp3) is 0.0556. The van der Waals surface area contributed by atoms with Crippen molar-refractivity contribution < 1.29 is 5.11 Å². The van der Waals surface area contributed by atoms with Gasteiger partial charge >= 0.3 is 0 Å². The number of aromatic hydroxyl groups is 1. The molecular weight excluding hydrogens is 316 g/mol. The molecule has 3 aromatic heterocycles. The lowest BCUT2D eigenvalue weighted by Gasteiger charge is -2.08. The van der Waals surface area contributed by atoms with Gasteiger partial charge in [0.15, 0.2) is 11.6 Å². The summed E-state index contributed by atoms with van der Waals surface area (Å²) in [6.45, 7) is 1.92. The van der Waals surface area contributed by atoms with Crippen molar-refractivity contribution in [3.63, 3.8) is 0 Å². The van der Waals surface area contributed by atoms with E-state index < -0.39 is 0 Å². The maximum Gasteiger partial charge on any atom is 0.153 e. The minimum Gasteiger partial charge on any atom is -0.506 e. The number of benzene rings is 1. The van der Waals surface area contributed by atoms with Gasteiger partial charge in [-0.05, 0) is 36.8 Å². The number of rotatable bonds is 4. The van der Waals surface area contributed by atoms with Crippen LogP contribution < -0.4 is 5.32 Å². The molecular formula is C18H16N6O. The highest BCUT2D eigenvalue weighted by Crippen LogP contribution is 2.30. The Morgan fingerprint density at radius 2 is 2.08 bits per heavy atom. The highest BCUT2D eigenvalue weighted by molar-refractivity contribution is 5.70. The van der Waals surface area contributed by atoms with E-state index >= 15 is 0 Å². The number of H-pyrrole nitrogens is 1. The Balaban J connectivity index is 1.57. The number of pyridine rings is 1. The van der Waals surface area contributed by atoms with Gasteiger partial charge in [0.05, 0.1) is 11.4 Å². The number of aromatic amines is 1. The van der Waals surface area contributed by atoms with Crippen LogP contribution in [0.3, 0.4) is 0 Å². The summed E-state index contributed by atoms with van der Waals surface area (Å²) < 4.78 is 1.70. The molecule has 0 amide bonds. The van der Waals surface area contributed by atoms with E-state index in [-0.39, 0.29) is 5.75 Å². The average molecular weight is 332 g/mol. The fourth-order valence-electron chi connectivity index (χ4n) is 2.56. The Hall–Kier alpha value is -3.61. The zero-order chi connectivity index (χ0) is 17.2. The number of phenols is 1. The number of nitrogens with one attached hydrogen (secondary N) is 2. The Labute approximate surface area is 144 Å². The van der Waals surface area contributed by atoms with Crippen LogP contribution in [0.2, 0.25) is 0 Å². The number of hydrogen-bond acceptors (Lipinski definition) is 5. The van der Waals surface area contributed by atoms with Gasteiger partial charge in [0, 0.05) is 30.2 Å². The summed E-state index contributed by atoms with van der Waals surface area (Å²) in [4.78, 5) is 4.41. The summed E-state index contributed by atoms with van der Waals surface area (Å²) in [5.74, 6) is 1.56. The summed E-state index contributed by atoms with van der Waals surface area (Å²) in [6.07, 6.45) is 5.32. The van der Waals surface area contributed by atoms with Crippen molar-refractivity contribution in [2.75, 3.05) is 5.32 Å². The number of para-hydroxylation sites is 1. The number of anilines is 2. The third kappa shape index (κ3) is 2.94. The van der Waals surface area contributed by atoms with Crippen molar-refractivity contribution in [2.45, 2.75) is 6.92 Å². The molecule has 7 heteroatoms. The summed E-state index contributed by atoms with van der Waals surface area (Å²) in [6, 6.07) is 12.9. The maximum atomic E-state index is 9.98. The van der Waals surface area contributed by atoms with Gasteiger partial charge in [-0.25, -0.2) is 9.67 Å².